The van der Waals surface area contributed by atoms with Gasteiger partial charge >= 0.3 is 0 Å². The molecule has 3 nitrogen and oxygen atoms in total. The Balaban J connectivity index is 2.07. The molecule has 0 aliphatic heterocycles. The van der Waals surface area contributed by atoms with E-state index in [2.05, 4.69) is 5.32 Å². The summed E-state index contributed by atoms with van der Waals surface area (Å²) in [5.41, 5.74) is 0.935. The minimum atomic E-state index is -0.580. The number of rotatable bonds is 5. The van der Waals surface area contributed by atoms with E-state index in [1.165, 1.54) is 0 Å². The van der Waals surface area contributed by atoms with Crippen LogP contribution in [0.4, 0.5) is 4.39 Å². The summed E-state index contributed by atoms with van der Waals surface area (Å²) >= 11 is 5.87. The van der Waals surface area contributed by atoms with Gasteiger partial charge in [0.25, 0.3) is 5.91 Å². The SMILES string of the molecule is O=C(NC(CCl)Cc1ccccc1)c1cc(F)ccc1O. The Bertz CT molecular complexity index is 619. The normalized spacial score (nSPS) is 11.9. The molecule has 0 heterocycles. The molecule has 0 aliphatic carbocycles. The van der Waals surface area contributed by atoms with Crippen molar-refractivity contribution in [3.8, 4) is 5.75 Å². The van der Waals surface area contributed by atoms with E-state index in [9.17, 15) is 14.3 Å². The van der Waals surface area contributed by atoms with Crippen LogP contribution in [0.3, 0.4) is 0 Å². The molecule has 2 aromatic carbocycles. The van der Waals surface area contributed by atoms with E-state index in [0.29, 0.717) is 6.42 Å². The molecule has 0 aliphatic rings. The first-order valence-corrected chi connectivity index (χ1v) is 7.03. The van der Waals surface area contributed by atoms with Crippen LogP contribution in [0.15, 0.2) is 48.5 Å². The third kappa shape index (κ3) is 4.20. The summed E-state index contributed by atoms with van der Waals surface area (Å²) in [7, 11) is 0. The first kappa shape index (κ1) is 15.3. The number of hydrogen-bond donors (Lipinski definition) is 2. The van der Waals surface area contributed by atoms with Crippen molar-refractivity contribution < 1.29 is 14.3 Å². The Morgan fingerprint density at radius 1 is 1.24 bits per heavy atom. The third-order valence-corrected chi connectivity index (χ3v) is 3.42. The fourth-order valence-electron chi connectivity index (χ4n) is 2.00. The first-order chi connectivity index (χ1) is 10.1. The van der Waals surface area contributed by atoms with Gasteiger partial charge in [0.15, 0.2) is 0 Å². The maximum atomic E-state index is 13.2. The van der Waals surface area contributed by atoms with Gasteiger partial charge in [-0.25, -0.2) is 4.39 Å². The molecule has 0 saturated heterocycles. The number of carbonyl (C=O) groups is 1. The zero-order valence-electron chi connectivity index (χ0n) is 11.2. The highest BCUT2D eigenvalue weighted by Crippen LogP contribution is 2.18. The van der Waals surface area contributed by atoms with Crippen LogP contribution in [0.2, 0.25) is 0 Å². The Morgan fingerprint density at radius 2 is 1.95 bits per heavy atom. The number of nitrogens with one attached hydrogen (secondary N) is 1. The summed E-state index contributed by atoms with van der Waals surface area (Å²) in [6, 6.07) is 12.5. The number of carbonyl (C=O) groups excluding carboxylic acids is 1. The van der Waals surface area contributed by atoms with Crippen molar-refractivity contribution in [1.82, 2.24) is 5.32 Å². The topological polar surface area (TPSA) is 49.3 Å². The van der Waals surface area contributed by atoms with E-state index < -0.39 is 11.7 Å². The summed E-state index contributed by atoms with van der Waals surface area (Å²) in [4.78, 5) is 12.1. The maximum absolute atomic E-state index is 13.2. The molecule has 110 valence electrons. The Morgan fingerprint density at radius 3 is 2.62 bits per heavy atom. The van der Waals surface area contributed by atoms with Crippen molar-refractivity contribution in [2.24, 2.45) is 0 Å². The molecule has 0 aromatic heterocycles. The number of aromatic hydroxyl groups is 1. The second kappa shape index (κ2) is 7.09. The summed E-state index contributed by atoms with van der Waals surface area (Å²) < 4.78 is 13.2. The monoisotopic (exact) mass is 307 g/mol. The van der Waals surface area contributed by atoms with Crippen LogP contribution in [0, 0.1) is 5.82 Å². The Kier molecular flexibility index (Phi) is 5.17. The molecule has 1 amide bonds. The van der Waals surface area contributed by atoms with Crippen LogP contribution in [0.1, 0.15) is 15.9 Å². The molecule has 0 bridgehead atoms. The lowest BCUT2D eigenvalue weighted by molar-refractivity contribution is 0.0937. The van der Waals surface area contributed by atoms with Crippen LogP contribution >= 0.6 is 11.6 Å². The Hall–Kier alpha value is -2.07. The largest absolute Gasteiger partial charge is 0.507 e. The quantitative estimate of drug-likeness (QED) is 0.834. The number of halogens is 2. The van der Waals surface area contributed by atoms with Crippen LogP contribution in [0.5, 0.6) is 5.75 Å². The van der Waals surface area contributed by atoms with E-state index >= 15 is 0 Å². The van der Waals surface area contributed by atoms with Gasteiger partial charge in [0.2, 0.25) is 0 Å². The van der Waals surface area contributed by atoms with Crippen LogP contribution < -0.4 is 5.32 Å². The molecule has 0 spiro atoms. The van der Waals surface area contributed by atoms with Gasteiger partial charge in [-0.05, 0) is 30.2 Å². The standard InChI is InChI=1S/C16H15ClFNO2/c17-10-13(8-11-4-2-1-3-5-11)19-16(21)14-9-12(18)6-7-15(14)20/h1-7,9,13,20H,8,10H2,(H,19,21). The van der Waals surface area contributed by atoms with Gasteiger partial charge in [0, 0.05) is 11.9 Å². The average molecular weight is 308 g/mol. The smallest absolute Gasteiger partial charge is 0.255 e. The van der Waals surface area contributed by atoms with Gasteiger partial charge in [-0.2, -0.15) is 0 Å². The van der Waals surface area contributed by atoms with Crippen molar-refractivity contribution in [2.75, 3.05) is 5.88 Å². The minimum Gasteiger partial charge on any atom is -0.507 e. The molecular weight excluding hydrogens is 293 g/mol. The molecule has 0 fully saturated rings. The summed E-state index contributed by atoms with van der Waals surface area (Å²) in [6.45, 7) is 0. The molecule has 2 N–H and O–H groups in total. The lowest BCUT2D eigenvalue weighted by Crippen LogP contribution is -2.37. The van der Waals surface area contributed by atoms with E-state index in [4.69, 9.17) is 11.6 Å². The van der Waals surface area contributed by atoms with Crippen molar-refractivity contribution >= 4 is 17.5 Å². The first-order valence-electron chi connectivity index (χ1n) is 6.49. The zero-order valence-corrected chi connectivity index (χ0v) is 12.0. The molecule has 21 heavy (non-hydrogen) atoms. The van der Waals surface area contributed by atoms with Gasteiger partial charge in [0.1, 0.15) is 11.6 Å². The zero-order chi connectivity index (χ0) is 15.2. The molecule has 0 saturated carbocycles. The number of phenolic OH excluding ortho intramolecular Hbond substituents is 1. The minimum absolute atomic E-state index is 0.0989. The van der Waals surface area contributed by atoms with Crippen LogP contribution in [-0.4, -0.2) is 22.9 Å². The number of phenols is 1. The van der Waals surface area contributed by atoms with Gasteiger partial charge in [0.05, 0.1) is 5.56 Å². The highest BCUT2D eigenvalue weighted by Gasteiger charge is 2.17. The number of amides is 1. The van der Waals surface area contributed by atoms with Gasteiger partial charge in [-0.3, -0.25) is 4.79 Å². The molecule has 2 aromatic rings. The van der Waals surface area contributed by atoms with Gasteiger partial charge in [-0.1, -0.05) is 30.3 Å². The van der Waals surface area contributed by atoms with Crippen LogP contribution in [0.25, 0.3) is 0 Å². The second-order valence-electron chi connectivity index (χ2n) is 4.68. The molecule has 1 unspecified atom stereocenters. The maximum Gasteiger partial charge on any atom is 0.255 e. The predicted molar refractivity (Wildman–Crippen MR) is 80.2 cm³/mol. The average Bonchev–Trinajstić information content (AvgIpc) is 2.50. The lowest BCUT2D eigenvalue weighted by atomic mass is 10.1. The second-order valence-corrected chi connectivity index (χ2v) is 4.98. The van der Waals surface area contributed by atoms with E-state index in [1.54, 1.807) is 0 Å². The highest BCUT2D eigenvalue weighted by atomic mass is 35.5. The lowest BCUT2D eigenvalue weighted by Gasteiger charge is -2.16. The fraction of sp³-hybridized carbons (Fsp3) is 0.188. The van der Waals surface area contributed by atoms with Crippen molar-refractivity contribution in [1.29, 1.82) is 0 Å². The molecule has 0 radical (unpaired) electrons. The number of benzene rings is 2. The van der Waals surface area contributed by atoms with Crippen molar-refractivity contribution in [2.45, 2.75) is 12.5 Å². The highest BCUT2D eigenvalue weighted by molar-refractivity contribution is 6.18. The van der Waals surface area contributed by atoms with Gasteiger partial charge in [-0.15, -0.1) is 11.6 Å². The molecule has 2 rings (SSSR count). The van der Waals surface area contributed by atoms with Crippen molar-refractivity contribution in [3.63, 3.8) is 0 Å². The van der Waals surface area contributed by atoms with E-state index in [-0.39, 0.29) is 23.2 Å². The third-order valence-electron chi connectivity index (χ3n) is 3.05. The Labute approximate surface area is 127 Å². The van der Waals surface area contributed by atoms with E-state index in [1.807, 2.05) is 30.3 Å². The summed E-state index contributed by atoms with van der Waals surface area (Å²) in [5.74, 6) is -1.17. The number of alkyl halides is 1. The predicted octanol–water partition coefficient (Wildman–Crippen LogP) is 3.11. The number of hydrogen-bond acceptors (Lipinski definition) is 2. The van der Waals surface area contributed by atoms with Crippen LogP contribution in [-0.2, 0) is 6.42 Å². The summed E-state index contributed by atoms with van der Waals surface area (Å²) in [6.07, 6.45) is 0.562. The molecule has 5 heteroatoms. The summed E-state index contributed by atoms with van der Waals surface area (Å²) in [5, 5.41) is 12.3. The van der Waals surface area contributed by atoms with Crippen molar-refractivity contribution in [3.05, 3.63) is 65.5 Å². The molecule has 1 atom stereocenters. The molecular formula is C16H15ClFNO2. The fourth-order valence-corrected chi connectivity index (χ4v) is 2.18. The van der Waals surface area contributed by atoms with E-state index in [0.717, 1.165) is 23.8 Å². The van der Waals surface area contributed by atoms with Gasteiger partial charge < -0.3 is 10.4 Å².